The average Bonchev–Trinajstić information content (AvgIpc) is 3.39. The van der Waals surface area contributed by atoms with E-state index in [1.54, 1.807) is 19.9 Å². The largest absolute Gasteiger partial charge is 0.472 e. The van der Waals surface area contributed by atoms with Gasteiger partial charge in [-0.05, 0) is 63.1 Å². The summed E-state index contributed by atoms with van der Waals surface area (Å²) in [4.78, 5) is 61.3. The Hall–Kier alpha value is -5.33. The molecule has 1 saturated heterocycles. The standard InChI is InChI=1S/C38H40FN5O7/c1-3-49-37(48)38-20-23(38)11-7-5-4-6-8-14-29(40-33(45)31-17-22(2)51-43-31)36(47)44-21-25(19-32(44)34(46)42-38)50-35-28-13-10-9-12-26(28)27-16-15-24(39)18-30(27)41-35/h7,9-13,15-18,23,25,29,32H,3-6,8,14,19-21H2,1-2H3,(H,40,45)(H,42,46). The zero-order valence-corrected chi connectivity index (χ0v) is 28.5. The molecule has 3 aliphatic rings. The summed E-state index contributed by atoms with van der Waals surface area (Å²) in [6.45, 7) is 3.53. The number of allylic oxidation sites excluding steroid dienone is 1. The van der Waals surface area contributed by atoms with Crippen LogP contribution < -0.4 is 15.4 Å². The van der Waals surface area contributed by atoms with Crippen molar-refractivity contribution in [2.45, 2.75) is 82.5 Å². The highest BCUT2D eigenvalue weighted by atomic mass is 19.1. The maximum atomic E-state index is 14.5. The number of carbonyl (C=O) groups excluding carboxylic acids is 4. The van der Waals surface area contributed by atoms with Crippen LogP contribution >= 0.6 is 0 Å². The van der Waals surface area contributed by atoms with Crippen molar-refractivity contribution in [1.29, 1.82) is 0 Å². The number of nitrogens with one attached hydrogen (secondary N) is 2. The number of halogens is 1. The number of esters is 1. The Morgan fingerprint density at radius 3 is 2.71 bits per heavy atom. The molecule has 5 unspecified atom stereocenters. The van der Waals surface area contributed by atoms with E-state index in [9.17, 15) is 23.6 Å². The number of pyridine rings is 1. The molecule has 3 amide bonds. The van der Waals surface area contributed by atoms with Crippen LogP contribution in [-0.4, -0.2) is 75.6 Å². The van der Waals surface area contributed by atoms with Gasteiger partial charge in [0.25, 0.3) is 5.91 Å². The van der Waals surface area contributed by atoms with E-state index in [2.05, 4.69) is 20.8 Å². The molecule has 2 aliphatic heterocycles. The Balaban J connectivity index is 1.23. The summed E-state index contributed by atoms with van der Waals surface area (Å²) in [5.74, 6) is -2.07. The second-order valence-electron chi connectivity index (χ2n) is 13.5. The van der Waals surface area contributed by atoms with Gasteiger partial charge in [0.05, 0.1) is 18.7 Å². The summed E-state index contributed by atoms with van der Waals surface area (Å²) in [7, 11) is 0. The van der Waals surface area contributed by atoms with Crippen LogP contribution in [0.15, 0.2) is 65.2 Å². The predicted molar refractivity (Wildman–Crippen MR) is 184 cm³/mol. The quantitative estimate of drug-likeness (QED) is 0.162. The zero-order valence-electron chi connectivity index (χ0n) is 28.5. The van der Waals surface area contributed by atoms with E-state index in [1.807, 2.05) is 36.4 Å². The Morgan fingerprint density at radius 2 is 1.92 bits per heavy atom. The Bertz CT molecular complexity index is 2030. The van der Waals surface area contributed by atoms with Gasteiger partial charge in [0, 0.05) is 35.2 Å². The van der Waals surface area contributed by atoms with E-state index in [0.29, 0.717) is 35.9 Å². The predicted octanol–water partition coefficient (Wildman–Crippen LogP) is 4.93. The Labute approximate surface area is 293 Å². The average molecular weight is 698 g/mol. The maximum absolute atomic E-state index is 14.5. The minimum absolute atomic E-state index is 0.000703. The second-order valence-corrected chi connectivity index (χ2v) is 13.5. The molecule has 1 saturated carbocycles. The minimum atomic E-state index is -1.24. The monoisotopic (exact) mass is 697 g/mol. The molecule has 2 N–H and O–H groups in total. The molecule has 4 aromatic rings. The van der Waals surface area contributed by atoms with Gasteiger partial charge >= 0.3 is 5.97 Å². The van der Waals surface area contributed by atoms with E-state index in [4.69, 9.17) is 14.0 Å². The first-order valence-electron chi connectivity index (χ1n) is 17.5. The van der Waals surface area contributed by atoms with E-state index in [-0.39, 0.29) is 37.1 Å². The fourth-order valence-electron chi connectivity index (χ4n) is 7.25. The molecule has 1 aliphatic carbocycles. The van der Waals surface area contributed by atoms with Gasteiger partial charge in [-0.2, -0.15) is 0 Å². The highest BCUT2D eigenvalue weighted by Crippen LogP contribution is 2.46. The summed E-state index contributed by atoms with van der Waals surface area (Å²) >= 11 is 0. The summed E-state index contributed by atoms with van der Waals surface area (Å²) in [5.41, 5.74) is -0.795. The van der Waals surface area contributed by atoms with Crippen LogP contribution in [0.25, 0.3) is 21.7 Å². The van der Waals surface area contributed by atoms with Crippen molar-refractivity contribution in [3.63, 3.8) is 0 Å². The lowest BCUT2D eigenvalue weighted by molar-refractivity contribution is -0.150. The van der Waals surface area contributed by atoms with E-state index < -0.39 is 53.2 Å². The number of benzene rings is 2. The molecule has 2 aromatic carbocycles. The molecule has 0 spiro atoms. The fourth-order valence-corrected chi connectivity index (χ4v) is 7.25. The third-order valence-corrected chi connectivity index (χ3v) is 9.95. The lowest BCUT2D eigenvalue weighted by Crippen LogP contribution is -2.56. The van der Waals surface area contributed by atoms with Crippen molar-refractivity contribution in [2.75, 3.05) is 13.2 Å². The molecule has 12 nitrogen and oxygen atoms in total. The first-order chi connectivity index (χ1) is 24.7. The van der Waals surface area contributed by atoms with Gasteiger partial charge < -0.3 is 29.5 Å². The molecule has 0 bridgehead atoms. The second kappa shape index (κ2) is 14.1. The van der Waals surface area contributed by atoms with Crippen LogP contribution in [0.3, 0.4) is 0 Å². The number of carbonyl (C=O) groups is 4. The number of hydrogen-bond donors (Lipinski definition) is 2. The summed E-state index contributed by atoms with van der Waals surface area (Å²) in [6.07, 6.45) is 7.14. The van der Waals surface area contributed by atoms with Crippen LogP contribution in [-0.2, 0) is 19.1 Å². The molecular weight excluding hydrogens is 657 g/mol. The van der Waals surface area contributed by atoms with Gasteiger partial charge in [-0.1, -0.05) is 48.3 Å². The van der Waals surface area contributed by atoms with E-state index >= 15 is 0 Å². The zero-order chi connectivity index (χ0) is 35.7. The first-order valence-corrected chi connectivity index (χ1v) is 17.5. The van der Waals surface area contributed by atoms with Crippen molar-refractivity contribution in [1.82, 2.24) is 25.7 Å². The third-order valence-electron chi connectivity index (χ3n) is 9.95. The SMILES string of the molecule is CCOC(=O)C12CC1C=CCCCCCC(NC(=O)c1cc(C)on1)C(=O)N1CC(Oc3nc4cc(F)ccc4c4ccccc34)CC1C(=O)N2. The molecule has 7 rings (SSSR count). The summed E-state index contributed by atoms with van der Waals surface area (Å²) in [5, 5.41) is 11.9. The van der Waals surface area contributed by atoms with Crippen LogP contribution in [0.5, 0.6) is 5.88 Å². The Morgan fingerprint density at radius 1 is 1.10 bits per heavy atom. The number of hydrogen-bond acceptors (Lipinski definition) is 9. The first kappa shape index (κ1) is 34.1. The number of amides is 3. The topological polar surface area (TPSA) is 153 Å². The van der Waals surface area contributed by atoms with Gasteiger partial charge in [0.1, 0.15) is 35.3 Å². The molecule has 2 fully saturated rings. The van der Waals surface area contributed by atoms with Crippen LogP contribution in [0, 0.1) is 18.7 Å². The van der Waals surface area contributed by atoms with Gasteiger partial charge in [-0.15, -0.1) is 0 Å². The molecule has 5 atom stereocenters. The van der Waals surface area contributed by atoms with Crippen LogP contribution in [0.1, 0.15) is 68.1 Å². The highest BCUT2D eigenvalue weighted by Gasteiger charge is 2.62. The lowest BCUT2D eigenvalue weighted by Gasteiger charge is -2.29. The lowest BCUT2D eigenvalue weighted by atomic mass is 10.0. The van der Waals surface area contributed by atoms with Crippen molar-refractivity contribution in [3.05, 3.63) is 78.0 Å². The number of rotatable bonds is 6. The van der Waals surface area contributed by atoms with Gasteiger partial charge in [-0.3, -0.25) is 14.4 Å². The van der Waals surface area contributed by atoms with Crippen molar-refractivity contribution in [3.8, 4) is 5.88 Å². The molecule has 2 aromatic heterocycles. The van der Waals surface area contributed by atoms with Crippen LogP contribution in [0.4, 0.5) is 4.39 Å². The molecule has 0 radical (unpaired) electrons. The number of aryl methyl sites for hydroxylation is 1. The number of ether oxygens (including phenoxy) is 2. The summed E-state index contributed by atoms with van der Waals surface area (Å²) < 4.78 is 31.3. The maximum Gasteiger partial charge on any atom is 0.332 e. The molecular formula is C38H40FN5O7. The van der Waals surface area contributed by atoms with Crippen molar-refractivity contribution >= 4 is 45.4 Å². The molecule has 51 heavy (non-hydrogen) atoms. The minimum Gasteiger partial charge on any atom is -0.472 e. The number of fused-ring (bicyclic) bond motifs is 5. The molecule has 4 heterocycles. The van der Waals surface area contributed by atoms with Gasteiger partial charge in [0.15, 0.2) is 5.69 Å². The van der Waals surface area contributed by atoms with Crippen molar-refractivity contribution in [2.24, 2.45) is 5.92 Å². The van der Waals surface area contributed by atoms with E-state index in [0.717, 1.165) is 30.0 Å². The Kier molecular flexibility index (Phi) is 9.45. The third kappa shape index (κ3) is 6.89. The highest BCUT2D eigenvalue weighted by molar-refractivity contribution is 6.07. The number of aromatic nitrogens is 2. The van der Waals surface area contributed by atoms with Gasteiger partial charge in [0.2, 0.25) is 17.7 Å². The van der Waals surface area contributed by atoms with Crippen molar-refractivity contribution < 1.29 is 37.6 Å². The fraction of sp³-hybridized carbons (Fsp3) is 0.421. The molecule has 266 valence electrons. The number of nitrogens with zero attached hydrogens (tertiary/aromatic N) is 3. The van der Waals surface area contributed by atoms with Gasteiger partial charge in [-0.25, -0.2) is 14.2 Å². The normalized spacial score (nSPS) is 25.4. The molecule has 13 heteroatoms. The summed E-state index contributed by atoms with van der Waals surface area (Å²) in [6, 6.07) is 11.3. The van der Waals surface area contributed by atoms with E-state index in [1.165, 1.54) is 23.1 Å². The smallest absolute Gasteiger partial charge is 0.332 e. The van der Waals surface area contributed by atoms with Crippen LogP contribution in [0.2, 0.25) is 0 Å².